The fourth-order valence-corrected chi connectivity index (χ4v) is 2.74. The summed E-state index contributed by atoms with van der Waals surface area (Å²) in [6.45, 7) is 0. The molecule has 2 aromatic carbocycles. The van der Waals surface area contributed by atoms with E-state index in [2.05, 4.69) is 0 Å². The van der Waals surface area contributed by atoms with Crippen molar-refractivity contribution in [3.63, 3.8) is 0 Å². The molecule has 3 rings (SSSR count). The van der Waals surface area contributed by atoms with E-state index in [1.54, 1.807) is 0 Å². The Bertz CT molecular complexity index is 688. The summed E-state index contributed by atoms with van der Waals surface area (Å²) < 4.78 is 0. The number of halogens is 2. The molecule has 0 amide bonds. The molecule has 0 aromatic heterocycles. The summed E-state index contributed by atoms with van der Waals surface area (Å²) in [5, 5.41) is 2.62. The maximum absolute atomic E-state index is 6.14. The lowest BCUT2D eigenvalue weighted by Crippen LogP contribution is -2.26. The number of benzene rings is 2. The minimum Gasteiger partial charge on any atom is -0.252 e. The van der Waals surface area contributed by atoms with Gasteiger partial charge in [-0.05, 0) is 42.7 Å². The quantitative estimate of drug-likeness (QED) is 0.775. The number of fused-ring (bicyclic) bond motifs is 1. The Balaban J connectivity index is 1.82. The topological polar surface area (TPSA) is 24.7 Å². The maximum atomic E-state index is 6.14. The first-order valence-corrected chi connectivity index (χ1v) is 7.47. The van der Waals surface area contributed by atoms with Crippen LogP contribution in [0.15, 0.2) is 58.5 Å². The Morgan fingerprint density at radius 2 is 1.50 bits per heavy atom. The second-order valence-corrected chi connectivity index (χ2v) is 5.66. The third kappa shape index (κ3) is 2.72. The lowest BCUT2D eigenvalue weighted by Gasteiger charge is -2.20. The second kappa shape index (κ2) is 5.55. The molecular weight excluding hydrogens is 291 g/mol. The molecule has 0 spiro atoms. The van der Waals surface area contributed by atoms with Crippen LogP contribution in [-0.4, -0.2) is 11.5 Å². The fraction of sp³-hybridized carbons (Fsp3) is 0.250. The molecule has 0 radical (unpaired) electrons. The first-order chi connectivity index (χ1) is 9.71. The van der Waals surface area contributed by atoms with E-state index < -0.39 is 5.66 Å². The van der Waals surface area contributed by atoms with Crippen molar-refractivity contribution < 1.29 is 0 Å². The van der Waals surface area contributed by atoms with Crippen LogP contribution in [0.1, 0.15) is 12.0 Å². The third-order valence-electron chi connectivity index (χ3n) is 3.48. The molecule has 102 valence electrons. The van der Waals surface area contributed by atoms with Crippen LogP contribution >= 0.6 is 23.2 Å². The SMILES string of the molecule is ClCC1(CCc2ccc(Cl)cc2)N=c2ccccc2=N1. The molecule has 0 N–H and O–H groups in total. The maximum Gasteiger partial charge on any atom is 0.165 e. The van der Waals surface area contributed by atoms with E-state index in [4.69, 9.17) is 33.2 Å². The van der Waals surface area contributed by atoms with E-state index in [-0.39, 0.29) is 0 Å². The van der Waals surface area contributed by atoms with Gasteiger partial charge in [-0.15, -0.1) is 11.6 Å². The zero-order chi connectivity index (χ0) is 14.0. The number of para-hydroxylation sites is 2. The van der Waals surface area contributed by atoms with Crippen LogP contribution < -0.4 is 10.7 Å². The van der Waals surface area contributed by atoms with Crippen molar-refractivity contribution in [2.24, 2.45) is 9.98 Å². The molecule has 1 aliphatic heterocycles. The Morgan fingerprint density at radius 3 is 2.05 bits per heavy atom. The van der Waals surface area contributed by atoms with Crippen molar-refractivity contribution in [2.45, 2.75) is 18.5 Å². The highest BCUT2D eigenvalue weighted by molar-refractivity contribution is 6.30. The van der Waals surface area contributed by atoms with Gasteiger partial charge in [0.25, 0.3) is 0 Å². The zero-order valence-electron chi connectivity index (χ0n) is 10.9. The van der Waals surface area contributed by atoms with Crippen LogP contribution in [0.3, 0.4) is 0 Å². The van der Waals surface area contributed by atoms with Gasteiger partial charge in [0.15, 0.2) is 5.66 Å². The van der Waals surface area contributed by atoms with Crippen molar-refractivity contribution in [2.75, 3.05) is 5.88 Å². The van der Waals surface area contributed by atoms with Crippen LogP contribution in [-0.2, 0) is 6.42 Å². The second-order valence-electron chi connectivity index (χ2n) is 4.95. The minimum absolute atomic E-state index is 0.398. The standard InChI is InChI=1S/C16H14Cl2N2/c17-11-16(10-9-12-5-7-13(18)8-6-12)19-14-3-1-2-4-15(14)20-16/h1-8H,9-11H2. The van der Waals surface area contributed by atoms with Crippen molar-refractivity contribution in [3.05, 3.63) is 69.8 Å². The van der Waals surface area contributed by atoms with Crippen LogP contribution in [0.5, 0.6) is 0 Å². The lowest BCUT2D eigenvalue weighted by molar-refractivity contribution is 0.459. The number of nitrogens with zero attached hydrogens (tertiary/aromatic N) is 2. The Labute approximate surface area is 127 Å². The van der Waals surface area contributed by atoms with E-state index in [1.165, 1.54) is 5.56 Å². The molecular formula is C16H14Cl2N2. The predicted octanol–water partition coefficient (Wildman–Crippen LogP) is 3.16. The van der Waals surface area contributed by atoms with Crippen molar-refractivity contribution >= 4 is 23.2 Å². The average molecular weight is 305 g/mol. The molecule has 0 saturated heterocycles. The number of rotatable bonds is 4. The Hall–Kier alpha value is -1.38. The van der Waals surface area contributed by atoms with Gasteiger partial charge in [-0.1, -0.05) is 35.9 Å². The summed E-state index contributed by atoms with van der Waals surface area (Å²) in [6.07, 6.45) is 1.68. The summed E-state index contributed by atoms with van der Waals surface area (Å²) in [5.41, 5.74) is 0.700. The number of aryl methyl sites for hydroxylation is 1. The van der Waals surface area contributed by atoms with Crippen LogP contribution in [0.2, 0.25) is 5.02 Å². The first kappa shape index (κ1) is 13.6. The van der Waals surface area contributed by atoms with Crippen molar-refractivity contribution in [1.29, 1.82) is 0 Å². The van der Waals surface area contributed by atoms with Gasteiger partial charge in [0.1, 0.15) is 0 Å². The molecule has 2 aromatic rings. The highest BCUT2D eigenvalue weighted by Gasteiger charge is 2.29. The van der Waals surface area contributed by atoms with Gasteiger partial charge in [0, 0.05) is 5.02 Å². The number of hydrogen-bond acceptors (Lipinski definition) is 2. The zero-order valence-corrected chi connectivity index (χ0v) is 12.4. The highest BCUT2D eigenvalue weighted by atomic mass is 35.5. The summed E-state index contributed by atoms with van der Waals surface area (Å²) >= 11 is 12.0. The molecule has 4 heteroatoms. The van der Waals surface area contributed by atoms with Crippen molar-refractivity contribution in [3.8, 4) is 0 Å². The van der Waals surface area contributed by atoms with Gasteiger partial charge in [-0.25, -0.2) is 0 Å². The van der Waals surface area contributed by atoms with Gasteiger partial charge < -0.3 is 0 Å². The largest absolute Gasteiger partial charge is 0.252 e. The van der Waals surface area contributed by atoms with E-state index in [1.807, 2.05) is 48.5 Å². The predicted molar refractivity (Wildman–Crippen MR) is 82.0 cm³/mol. The third-order valence-corrected chi connectivity index (χ3v) is 4.16. The molecule has 0 saturated carbocycles. The highest BCUT2D eigenvalue weighted by Crippen LogP contribution is 2.23. The Kier molecular flexibility index (Phi) is 3.77. The van der Waals surface area contributed by atoms with Crippen LogP contribution in [0.4, 0.5) is 0 Å². The average Bonchev–Trinajstić information content (AvgIpc) is 2.86. The number of hydrogen-bond donors (Lipinski definition) is 0. The lowest BCUT2D eigenvalue weighted by atomic mass is 10.0. The normalized spacial score (nSPS) is 15.3. The van der Waals surface area contributed by atoms with E-state index in [9.17, 15) is 0 Å². The molecule has 0 aliphatic carbocycles. The monoisotopic (exact) mass is 304 g/mol. The van der Waals surface area contributed by atoms with Gasteiger partial charge in [-0.3, -0.25) is 9.98 Å². The van der Waals surface area contributed by atoms with E-state index in [0.29, 0.717) is 5.88 Å². The van der Waals surface area contributed by atoms with Gasteiger partial charge >= 0.3 is 0 Å². The molecule has 1 heterocycles. The fourth-order valence-electron chi connectivity index (χ4n) is 2.36. The Morgan fingerprint density at radius 1 is 0.900 bits per heavy atom. The minimum atomic E-state index is -0.523. The molecule has 0 bridgehead atoms. The molecule has 20 heavy (non-hydrogen) atoms. The van der Waals surface area contributed by atoms with Crippen molar-refractivity contribution in [1.82, 2.24) is 0 Å². The van der Waals surface area contributed by atoms with Gasteiger partial charge in [-0.2, -0.15) is 0 Å². The summed E-state index contributed by atoms with van der Waals surface area (Å²) in [6, 6.07) is 15.8. The summed E-state index contributed by atoms with van der Waals surface area (Å²) in [5.74, 6) is 0.398. The summed E-state index contributed by atoms with van der Waals surface area (Å²) in [7, 11) is 0. The van der Waals surface area contributed by atoms with E-state index >= 15 is 0 Å². The first-order valence-electron chi connectivity index (χ1n) is 6.56. The van der Waals surface area contributed by atoms with Gasteiger partial charge in [0.2, 0.25) is 0 Å². The van der Waals surface area contributed by atoms with Crippen LogP contribution in [0.25, 0.3) is 0 Å². The molecule has 0 atom stereocenters. The van der Waals surface area contributed by atoms with Crippen LogP contribution in [0, 0.1) is 0 Å². The molecule has 0 fully saturated rings. The molecule has 0 unspecified atom stereocenters. The smallest absolute Gasteiger partial charge is 0.165 e. The summed E-state index contributed by atoms with van der Waals surface area (Å²) in [4.78, 5) is 9.42. The molecule has 1 aliphatic rings. The van der Waals surface area contributed by atoms with E-state index in [0.717, 1.165) is 28.6 Å². The molecule has 2 nitrogen and oxygen atoms in total. The number of alkyl halides is 1. The van der Waals surface area contributed by atoms with Gasteiger partial charge in [0.05, 0.1) is 16.6 Å².